The van der Waals surface area contributed by atoms with Crippen molar-refractivity contribution in [2.24, 2.45) is 5.73 Å². The molecule has 0 bridgehead atoms. The van der Waals surface area contributed by atoms with E-state index in [-0.39, 0.29) is 5.82 Å². The molecule has 2 aromatic carbocycles. The highest BCUT2D eigenvalue weighted by atomic mass is 79.9. The molecule has 0 aliphatic heterocycles. The molecule has 2 N–H and O–H groups in total. The van der Waals surface area contributed by atoms with Gasteiger partial charge < -0.3 is 5.73 Å². The predicted molar refractivity (Wildman–Crippen MR) is 81.2 cm³/mol. The largest absolute Gasteiger partial charge is 0.324 e. The van der Waals surface area contributed by atoms with E-state index in [1.54, 1.807) is 30.3 Å². The van der Waals surface area contributed by atoms with E-state index >= 15 is 0 Å². The van der Waals surface area contributed by atoms with Gasteiger partial charge >= 0.3 is 0 Å². The van der Waals surface area contributed by atoms with E-state index in [0.717, 1.165) is 5.56 Å². The molecular formula is C14H11BrCl2FN. The highest BCUT2D eigenvalue weighted by Crippen LogP contribution is 2.31. The van der Waals surface area contributed by atoms with Crippen molar-refractivity contribution in [3.63, 3.8) is 0 Å². The summed E-state index contributed by atoms with van der Waals surface area (Å²) >= 11 is 15.5. The average molecular weight is 363 g/mol. The molecule has 2 rings (SSSR count). The van der Waals surface area contributed by atoms with Crippen LogP contribution in [-0.4, -0.2) is 0 Å². The van der Waals surface area contributed by atoms with Crippen LogP contribution in [0.1, 0.15) is 17.2 Å². The van der Waals surface area contributed by atoms with E-state index in [4.69, 9.17) is 28.9 Å². The normalized spacial score (nSPS) is 12.5. The van der Waals surface area contributed by atoms with Crippen LogP contribution in [-0.2, 0) is 6.42 Å². The van der Waals surface area contributed by atoms with Gasteiger partial charge in [-0.15, -0.1) is 0 Å². The van der Waals surface area contributed by atoms with E-state index in [1.165, 1.54) is 6.07 Å². The van der Waals surface area contributed by atoms with Crippen LogP contribution in [0.25, 0.3) is 0 Å². The van der Waals surface area contributed by atoms with E-state index in [9.17, 15) is 4.39 Å². The summed E-state index contributed by atoms with van der Waals surface area (Å²) < 4.78 is 14.5. The van der Waals surface area contributed by atoms with E-state index < -0.39 is 6.04 Å². The maximum absolute atomic E-state index is 13.8. The first-order valence-corrected chi connectivity index (χ1v) is 7.18. The summed E-state index contributed by atoms with van der Waals surface area (Å²) in [6, 6.07) is 9.49. The summed E-state index contributed by atoms with van der Waals surface area (Å²) in [7, 11) is 0. The summed E-state index contributed by atoms with van der Waals surface area (Å²) in [4.78, 5) is 0. The molecule has 2 aromatic rings. The Hall–Kier alpha value is -0.610. The molecule has 0 aliphatic carbocycles. The van der Waals surface area contributed by atoms with Crippen LogP contribution in [0.3, 0.4) is 0 Å². The van der Waals surface area contributed by atoms with Crippen molar-refractivity contribution >= 4 is 39.1 Å². The number of rotatable bonds is 3. The summed E-state index contributed by atoms with van der Waals surface area (Å²) in [6.07, 6.45) is 0.373. The maximum atomic E-state index is 13.8. The Morgan fingerprint density at radius 2 is 1.68 bits per heavy atom. The van der Waals surface area contributed by atoms with Crippen molar-refractivity contribution in [2.75, 3.05) is 0 Å². The molecule has 0 aromatic heterocycles. The molecule has 0 spiro atoms. The summed E-state index contributed by atoms with van der Waals surface area (Å²) in [6.45, 7) is 0. The van der Waals surface area contributed by atoms with Gasteiger partial charge in [-0.2, -0.15) is 0 Å². The molecule has 19 heavy (non-hydrogen) atoms. The SMILES string of the molecule is NC(Cc1c(Cl)cccc1Cl)c1c(F)cccc1Br. The lowest BCUT2D eigenvalue weighted by Gasteiger charge is -2.16. The first kappa shape index (κ1) is 14.8. The second kappa shape index (κ2) is 6.23. The molecule has 1 unspecified atom stereocenters. The van der Waals surface area contributed by atoms with Crippen LogP contribution in [0.15, 0.2) is 40.9 Å². The van der Waals surface area contributed by atoms with Crippen molar-refractivity contribution < 1.29 is 4.39 Å². The molecule has 1 nitrogen and oxygen atoms in total. The van der Waals surface area contributed by atoms with Crippen LogP contribution in [0.5, 0.6) is 0 Å². The standard InChI is InChI=1S/C14H11BrCl2FN/c15-9-3-1-6-12(18)14(9)13(19)7-8-10(16)4-2-5-11(8)17/h1-6,13H,7,19H2. The van der Waals surface area contributed by atoms with Gasteiger partial charge in [0, 0.05) is 26.1 Å². The highest BCUT2D eigenvalue weighted by molar-refractivity contribution is 9.10. The van der Waals surface area contributed by atoms with Gasteiger partial charge in [-0.1, -0.05) is 51.3 Å². The first-order chi connectivity index (χ1) is 9.00. The molecular weight excluding hydrogens is 352 g/mol. The second-order valence-electron chi connectivity index (χ2n) is 4.15. The van der Waals surface area contributed by atoms with Crippen molar-refractivity contribution in [1.82, 2.24) is 0 Å². The Morgan fingerprint density at radius 3 is 2.26 bits per heavy atom. The molecule has 0 aliphatic rings. The van der Waals surface area contributed by atoms with Crippen LogP contribution >= 0.6 is 39.1 Å². The minimum absolute atomic E-state index is 0.343. The average Bonchev–Trinajstić information content (AvgIpc) is 2.34. The second-order valence-corrected chi connectivity index (χ2v) is 5.81. The van der Waals surface area contributed by atoms with Gasteiger partial charge in [-0.25, -0.2) is 4.39 Å². The molecule has 0 heterocycles. The minimum Gasteiger partial charge on any atom is -0.324 e. The third-order valence-electron chi connectivity index (χ3n) is 2.86. The Bertz CT molecular complexity index is 563. The minimum atomic E-state index is -0.520. The smallest absolute Gasteiger partial charge is 0.129 e. The van der Waals surface area contributed by atoms with Crippen LogP contribution < -0.4 is 5.73 Å². The third-order valence-corrected chi connectivity index (χ3v) is 4.26. The van der Waals surface area contributed by atoms with Gasteiger partial charge in [0.1, 0.15) is 5.82 Å². The van der Waals surface area contributed by atoms with Crippen LogP contribution in [0.4, 0.5) is 4.39 Å². The van der Waals surface area contributed by atoms with Crippen molar-refractivity contribution in [3.05, 3.63) is 67.9 Å². The number of halogens is 4. The summed E-state index contributed by atoms with van der Waals surface area (Å²) in [5.74, 6) is -0.343. The molecule has 0 saturated heterocycles. The van der Waals surface area contributed by atoms with E-state index in [0.29, 0.717) is 26.5 Å². The number of hydrogen-bond acceptors (Lipinski definition) is 1. The Balaban J connectivity index is 2.34. The van der Waals surface area contributed by atoms with Crippen LogP contribution in [0, 0.1) is 5.82 Å². The fourth-order valence-electron chi connectivity index (χ4n) is 1.91. The number of nitrogens with two attached hydrogens (primary N) is 1. The Labute approximate surface area is 129 Å². The monoisotopic (exact) mass is 361 g/mol. The predicted octanol–water partition coefficient (Wildman–Crippen LogP) is 5.14. The Morgan fingerprint density at radius 1 is 1.11 bits per heavy atom. The lowest BCUT2D eigenvalue weighted by atomic mass is 9.99. The molecule has 0 fully saturated rings. The lowest BCUT2D eigenvalue weighted by Crippen LogP contribution is -2.16. The quantitative estimate of drug-likeness (QED) is 0.803. The van der Waals surface area contributed by atoms with Gasteiger partial charge in [-0.3, -0.25) is 0 Å². The fourth-order valence-corrected chi connectivity index (χ4v) is 3.10. The molecule has 0 saturated carbocycles. The molecule has 0 amide bonds. The summed E-state index contributed by atoms with van der Waals surface area (Å²) in [5, 5.41) is 1.07. The Kier molecular flexibility index (Phi) is 4.85. The molecule has 1 atom stereocenters. The van der Waals surface area contributed by atoms with Crippen molar-refractivity contribution in [1.29, 1.82) is 0 Å². The lowest BCUT2D eigenvalue weighted by molar-refractivity contribution is 0.578. The number of benzene rings is 2. The van der Waals surface area contributed by atoms with Gasteiger partial charge in [0.2, 0.25) is 0 Å². The number of hydrogen-bond donors (Lipinski definition) is 1. The highest BCUT2D eigenvalue weighted by Gasteiger charge is 2.18. The van der Waals surface area contributed by atoms with Crippen LogP contribution in [0.2, 0.25) is 10.0 Å². The van der Waals surface area contributed by atoms with Gasteiger partial charge in [0.05, 0.1) is 0 Å². The zero-order chi connectivity index (χ0) is 14.0. The first-order valence-electron chi connectivity index (χ1n) is 5.63. The van der Waals surface area contributed by atoms with Gasteiger partial charge in [-0.05, 0) is 36.2 Å². The topological polar surface area (TPSA) is 26.0 Å². The third kappa shape index (κ3) is 3.29. The van der Waals surface area contributed by atoms with E-state index in [2.05, 4.69) is 15.9 Å². The zero-order valence-corrected chi connectivity index (χ0v) is 12.9. The molecule has 5 heteroatoms. The maximum Gasteiger partial charge on any atom is 0.129 e. The molecule has 100 valence electrons. The summed E-state index contributed by atoms with van der Waals surface area (Å²) in [5.41, 5.74) is 7.24. The van der Waals surface area contributed by atoms with E-state index in [1.807, 2.05) is 0 Å². The fraction of sp³-hybridized carbons (Fsp3) is 0.143. The molecule has 0 radical (unpaired) electrons. The van der Waals surface area contributed by atoms with Crippen molar-refractivity contribution in [2.45, 2.75) is 12.5 Å². The van der Waals surface area contributed by atoms with Gasteiger partial charge in [0.25, 0.3) is 0 Å². The van der Waals surface area contributed by atoms with Gasteiger partial charge in [0.15, 0.2) is 0 Å². The zero-order valence-electron chi connectivity index (χ0n) is 9.84. The van der Waals surface area contributed by atoms with Crippen molar-refractivity contribution in [3.8, 4) is 0 Å².